The van der Waals surface area contributed by atoms with E-state index in [0.717, 1.165) is 49.2 Å². The number of benzene rings is 2. The number of carbonyl (C=O) groups excluding carboxylic acids is 3. The predicted molar refractivity (Wildman–Crippen MR) is 143 cm³/mol. The van der Waals surface area contributed by atoms with E-state index < -0.39 is 11.7 Å². The van der Waals surface area contributed by atoms with Crippen LogP contribution in [0, 0.1) is 0 Å². The van der Waals surface area contributed by atoms with Crippen LogP contribution in [-0.4, -0.2) is 64.1 Å². The number of ether oxygens (including phenoxy) is 1. The second-order valence-corrected chi connectivity index (χ2v) is 11.1. The van der Waals surface area contributed by atoms with Gasteiger partial charge in [-0.2, -0.15) is 0 Å². The van der Waals surface area contributed by atoms with Gasteiger partial charge in [-0.25, -0.2) is 9.36 Å². The van der Waals surface area contributed by atoms with Gasteiger partial charge in [-0.3, -0.25) is 14.5 Å². The Morgan fingerprint density at radius 2 is 1.78 bits per heavy atom. The minimum absolute atomic E-state index is 0.111. The molecule has 194 valence electrons. The summed E-state index contributed by atoms with van der Waals surface area (Å²) in [6, 6.07) is 11.5. The first kappa shape index (κ1) is 25.3. The maximum atomic E-state index is 13.4. The van der Waals surface area contributed by atoms with E-state index in [2.05, 4.69) is 16.3 Å². The van der Waals surface area contributed by atoms with Crippen LogP contribution in [0.15, 0.2) is 36.4 Å². The molecule has 0 unspecified atom stereocenters. The highest BCUT2D eigenvalue weighted by Gasteiger charge is 2.30. The second-order valence-electron chi connectivity index (χ2n) is 10.7. The van der Waals surface area contributed by atoms with Crippen molar-refractivity contribution >= 4 is 40.4 Å². The summed E-state index contributed by atoms with van der Waals surface area (Å²) in [5.41, 5.74) is 3.57. The number of fused-ring (bicyclic) bond motifs is 2. The number of nitrogens with one attached hydrogen (secondary N) is 1. The Labute approximate surface area is 221 Å². The fourth-order valence-electron chi connectivity index (χ4n) is 5.07. The number of piperazine rings is 1. The van der Waals surface area contributed by atoms with Gasteiger partial charge in [-0.1, -0.05) is 23.7 Å². The summed E-state index contributed by atoms with van der Waals surface area (Å²) >= 11 is 6.39. The summed E-state index contributed by atoms with van der Waals surface area (Å²) < 4.78 is 7.31. The molecule has 9 heteroatoms. The van der Waals surface area contributed by atoms with Gasteiger partial charge in [-0.15, -0.1) is 0 Å². The van der Waals surface area contributed by atoms with Crippen LogP contribution in [0.2, 0.25) is 5.02 Å². The number of hydrogen-bond donors (Lipinski definition) is 1. The molecular formula is C28H31ClN4O4. The average Bonchev–Trinajstić information content (AvgIpc) is 3.40. The predicted octanol–water partition coefficient (Wildman–Crippen LogP) is 4.65. The largest absolute Gasteiger partial charge is 0.443 e. The van der Waals surface area contributed by atoms with Crippen molar-refractivity contribution in [2.75, 3.05) is 26.2 Å². The van der Waals surface area contributed by atoms with Crippen molar-refractivity contribution in [3.8, 4) is 11.3 Å². The quantitative estimate of drug-likeness (QED) is 0.541. The molecule has 1 fully saturated rings. The highest BCUT2D eigenvalue weighted by Crippen LogP contribution is 2.37. The first-order valence-electron chi connectivity index (χ1n) is 12.5. The third-order valence-electron chi connectivity index (χ3n) is 6.85. The van der Waals surface area contributed by atoms with Crippen molar-refractivity contribution < 1.29 is 19.1 Å². The molecule has 2 aliphatic rings. The van der Waals surface area contributed by atoms with E-state index in [1.165, 1.54) is 0 Å². The van der Waals surface area contributed by atoms with Crippen molar-refractivity contribution in [3.63, 3.8) is 0 Å². The third kappa shape index (κ3) is 4.95. The second kappa shape index (κ2) is 9.50. The molecule has 0 bridgehead atoms. The van der Waals surface area contributed by atoms with E-state index >= 15 is 0 Å². The van der Waals surface area contributed by atoms with Crippen LogP contribution in [0.1, 0.15) is 49.2 Å². The Bertz CT molecular complexity index is 1410. The Morgan fingerprint density at radius 3 is 2.46 bits per heavy atom. The molecule has 1 saturated heterocycles. The van der Waals surface area contributed by atoms with Gasteiger partial charge in [0, 0.05) is 67.7 Å². The minimum Gasteiger partial charge on any atom is -0.443 e. The zero-order valence-corrected chi connectivity index (χ0v) is 22.3. The van der Waals surface area contributed by atoms with Crippen molar-refractivity contribution in [2.45, 2.75) is 46.4 Å². The fourth-order valence-corrected chi connectivity index (χ4v) is 5.29. The topological polar surface area (TPSA) is 83.9 Å². The molecular weight excluding hydrogens is 492 g/mol. The highest BCUT2D eigenvalue weighted by molar-refractivity contribution is 6.32. The van der Waals surface area contributed by atoms with Crippen LogP contribution in [0.4, 0.5) is 4.79 Å². The number of rotatable bonds is 3. The van der Waals surface area contributed by atoms with Crippen LogP contribution in [0.25, 0.3) is 22.2 Å². The molecule has 5 rings (SSSR count). The summed E-state index contributed by atoms with van der Waals surface area (Å²) in [7, 11) is 0. The number of amides is 2. The maximum absolute atomic E-state index is 13.4. The summed E-state index contributed by atoms with van der Waals surface area (Å²) in [6.07, 6.45) is -0.507. The molecule has 2 aromatic carbocycles. The molecule has 1 aromatic heterocycles. The number of aromatic nitrogens is 1. The third-order valence-corrected chi connectivity index (χ3v) is 7.20. The molecule has 0 spiro atoms. The molecule has 37 heavy (non-hydrogen) atoms. The van der Waals surface area contributed by atoms with Crippen molar-refractivity contribution in [1.82, 2.24) is 19.7 Å². The number of halogens is 1. The van der Waals surface area contributed by atoms with E-state index in [1.54, 1.807) is 23.6 Å². The van der Waals surface area contributed by atoms with Crippen LogP contribution in [0.5, 0.6) is 0 Å². The van der Waals surface area contributed by atoms with Gasteiger partial charge in [-0.05, 0) is 50.6 Å². The molecule has 2 amide bonds. The number of nitrogens with zero attached hydrogens (tertiary/aromatic N) is 3. The van der Waals surface area contributed by atoms with Gasteiger partial charge in [0.05, 0.1) is 16.8 Å². The lowest BCUT2D eigenvalue weighted by Crippen LogP contribution is -2.47. The molecule has 0 atom stereocenters. The SMILES string of the molecule is CC(=O)N1CCN(Cc2ccc3c(c2)cc(-c2ccc(Cl)c4c2C(=O)NC4)n3C(=O)OC(C)(C)C)CC1. The van der Waals surface area contributed by atoms with Gasteiger partial charge in [0.2, 0.25) is 5.91 Å². The number of carbonyl (C=O) groups is 3. The van der Waals surface area contributed by atoms with E-state index in [1.807, 2.05) is 43.9 Å². The van der Waals surface area contributed by atoms with E-state index in [4.69, 9.17) is 16.3 Å². The van der Waals surface area contributed by atoms with Gasteiger partial charge in [0.25, 0.3) is 5.91 Å². The van der Waals surface area contributed by atoms with Gasteiger partial charge < -0.3 is 15.0 Å². The van der Waals surface area contributed by atoms with Gasteiger partial charge in [0.15, 0.2) is 0 Å². The lowest BCUT2D eigenvalue weighted by Gasteiger charge is -2.34. The molecule has 0 aliphatic carbocycles. The highest BCUT2D eigenvalue weighted by atomic mass is 35.5. The van der Waals surface area contributed by atoms with Crippen LogP contribution in [-0.2, 0) is 22.6 Å². The minimum atomic E-state index is -0.688. The normalized spacial score (nSPS) is 16.1. The summed E-state index contributed by atoms with van der Waals surface area (Å²) in [5.74, 6) is -0.0988. The molecule has 1 N–H and O–H groups in total. The average molecular weight is 523 g/mol. The molecule has 2 aliphatic heterocycles. The monoisotopic (exact) mass is 522 g/mol. The van der Waals surface area contributed by atoms with Crippen LogP contribution < -0.4 is 5.32 Å². The fraction of sp³-hybridized carbons (Fsp3) is 0.393. The molecule has 3 aromatic rings. The van der Waals surface area contributed by atoms with Crippen molar-refractivity contribution in [2.24, 2.45) is 0 Å². The first-order chi connectivity index (χ1) is 17.5. The van der Waals surface area contributed by atoms with Gasteiger partial charge in [0.1, 0.15) is 5.60 Å². The summed E-state index contributed by atoms with van der Waals surface area (Å²) in [4.78, 5) is 42.0. The van der Waals surface area contributed by atoms with Crippen molar-refractivity contribution in [3.05, 3.63) is 58.1 Å². The Hall–Kier alpha value is -3.36. The summed E-state index contributed by atoms with van der Waals surface area (Å²) in [6.45, 7) is 11.3. The lowest BCUT2D eigenvalue weighted by molar-refractivity contribution is -0.130. The molecule has 0 saturated carbocycles. The standard InChI is InChI=1S/C28H31ClN4O4/c1-17(34)32-11-9-31(10-12-32)16-18-5-8-23-19(13-18)14-24(33(23)27(36)37-28(2,3)4)20-6-7-22(29)21-15-30-26(35)25(20)21/h5-8,13-14H,9-12,15-16H2,1-4H3,(H,30,35). The zero-order chi connectivity index (χ0) is 26.5. The molecule has 8 nitrogen and oxygen atoms in total. The Kier molecular flexibility index (Phi) is 6.50. The first-order valence-corrected chi connectivity index (χ1v) is 12.8. The molecule has 0 radical (unpaired) electrons. The number of hydrogen-bond acceptors (Lipinski definition) is 5. The molecule has 3 heterocycles. The van der Waals surface area contributed by atoms with E-state index in [0.29, 0.717) is 33.9 Å². The van der Waals surface area contributed by atoms with Gasteiger partial charge >= 0.3 is 6.09 Å². The Balaban J connectivity index is 1.56. The summed E-state index contributed by atoms with van der Waals surface area (Å²) in [5, 5.41) is 4.24. The van der Waals surface area contributed by atoms with Crippen molar-refractivity contribution in [1.29, 1.82) is 0 Å². The van der Waals surface area contributed by atoms with E-state index in [9.17, 15) is 14.4 Å². The Morgan fingerprint density at radius 1 is 1.05 bits per heavy atom. The smallest absolute Gasteiger partial charge is 0.419 e. The van der Waals surface area contributed by atoms with Crippen LogP contribution >= 0.6 is 11.6 Å². The zero-order valence-electron chi connectivity index (χ0n) is 21.6. The lowest BCUT2D eigenvalue weighted by atomic mass is 10.00. The van der Waals surface area contributed by atoms with E-state index in [-0.39, 0.29) is 11.8 Å². The maximum Gasteiger partial charge on any atom is 0.419 e. The van der Waals surface area contributed by atoms with Crippen LogP contribution in [0.3, 0.4) is 0 Å².